The molecule has 0 unspecified atom stereocenters. The highest BCUT2D eigenvalue weighted by Gasteiger charge is 2.16. The fourth-order valence-electron chi connectivity index (χ4n) is 2.82. The van der Waals surface area contributed by atoms with Crippen LogP contribution in [0.25, 0.3) is 10.9 Å². The first-order valence-corrected chi connectivity index (χ1v) is 8.65. The van der Waals surface area contributed by atoms with Crippen molar-refractivity contribution >= 4 is 16.9 Å². The van der Waals surface area contributed by atoms with Gasteiger partial charge in [0.15, 0.2) is 0 Å². The van der Waals surface area contributed by atoms with Crippen LogP contribution in [-0.4, -0.2) is 17.1 Å². The van der Waals surface area contributed by atoms with Gasteiger partial charge in [-0.05, 0) is 37.6 Å². The van der Waals surface area contributed by atoms with Gasteiger partial charge < -0.3 is 14.0 Å². The number of aromatic nitrogens is 1. The predicted octanol–water partition coefficient (Wildman–Crippen LogP) is 3.78. The predicted molar refractivity (Wildman–Crippen MR) is 101 cm³/mol. The molecule has 0 saturated heterocycles. The van der Waals surface area contributed by atoms with Gasteiger partial charge in [-0.2, -0.15) is 0 Å². The molecule has 0 N–H and O–H groups in total. The Balaban J connectivity index is 2.00. The molecule has 0 radical (unpaired) electrons. The minimum absolute atomic E-state index is 0.0430. The molecule has 2 aromatic carbocycles. The summed E-state index contributed by atoms with van der Waals surface area (Å²) in [7, 11) is 0. The van der Waals surface area contributed by atoms with E-state index >= 15 is 0 Å². The normalized spacial score (nSPS) is 10.7. The van der Waals surface area contributed by atoms with Crippen LogP contribution >= 0.6 is 0 Å². The van der Waals surface area contributed by atoms with Crippen molar-refractivity contribution in [3.8, 4) is 5.75 Å². The average Bonchev–Trinajstić information content (AvgIpc) is 2.68. The van der Waals surface area contributed by atoms with Crippen molar-refractivity contribution in [2.75, 3.05) is 6.61 Å². The Morgan fingerprint density at radius 2 is 1.85 bits per heavy atom. The van der Waals surface area contributed by atoms with Crippen LogP contribution in [-0.2, 0) is 17.9 Å². The quantitative estimate of drug-likeness (QED) is 0.634. The van der Waals surface area contributed by atoms with Crippen LogP contribution in [0.1, 0.15) is 29.8 Å². The van der Waals surface area contributed by atoms with Gasteiger partial charge in [0.25, 0.3) is 0 Å². The molecule has 5 heteroatoms. The topological polar surface area (TPSA) is 57.5 Å². The van der Waals surface area contributed by atoms with Crippen molar-refractivity contribution < 1.29 is 14.3 Å². The second-order valence-electron chi connectivity index (χ2n) is 5.83. The maximum Gasteiger partial charge on any atom is 0.343 e. The summed E-state index contributed by atoms with van der Waals surface area (Å²) in [4.78, 5) is 24.9. The minimum Gasteiger partial charge on any atom is -0.489 e. The monoisotopic (exact) mass is 351 g/mol. The van der Waals surface area contributed by atoms with E-state index in [1.54, 1.807) is 19.2 Å². The third-order valence-corrected chi connectivity index (χ3v) is 4.14. The second-order valence-corrected chi connectivity index (χ2v) is 5.83. The summed E-state index contributed by atoms with van der Waals surface area (Å²) in [5.74, 6) is -0.0145. The van der Waals surface area contributed by atoms with E-state index in [4.69, 9.17) is 9.47 Å². The van der Waals surface area contributed by atoms with Crippen LogP contribution in [0.3, 0.4) is 0 Å². The molecule has 0 bridgehead atoms. The lowest BCUT2D eigenvalue weighted by atomic mass is 10.1. The lowest BCUT2D eigenvalue weighted by molar-refractivity contribution is 0.0524. The summed E-state index contributed by atoms with van der Waals surface area (Å²) >= 11 is 0. The highest BCUT2D eigenvalue weighted by atomic mass is 16.5. The van der Waals surface area contributed by atoms with Crippen molar-refractivity contribution in [1.82, 2.24) is 4.57 Å². The van der Waals surface area contributed by atoms with E-state index in [0.717, 1.165) is 11.1 Å². The molecule has 1 heterocycles. The molecule has 0 fully saturated rings. The smallest absolute Gasteiger partial charge is 0.343 e. The summed E-state index contributed by atoms with van der Waals surface area (Å²) in [6, 6.07) is 15.2. The Morgan fingerprint density at radius 3 is 2.54 bits per heavy atom. The zero-order valence-corrected chi connectivity index (χ0v) is 14.9. The first-order valence-electron chi connectivity index (χ1n) is 8.65. The number of nitrogens with zero attached hydrogens (tertiary/aromatic N) is 1. The van der Waals surface area contributed by atoms with Gasteiger partial charge in [0.05, 0.1) is 17.5 Å². The summed E-state index contributed by atoms with van der Waals surface area (Å²) < 4.78 is 12.7. The zero-order chi connectivity index (χ0) is 18.5. The van der Waals surface area contributed by atoms with Crippen LogP contribution in [0.15, 0.2) is 59.5 Å². The molecule has 1 aromatic heterocycles. The number of pyridine rings is 1. The van der Waals surface area contributed by atoms with Crippen LogP contribution in [0.4, 0.5) is 0 Å². The number of hydrogen-bond donors (Lipinski definition) is 0. The molecule has 0 amide bonds. The van der Waals surface area contributed by atoms with E-state index in [1.807, 2.05) is 54.0 Å². The fourth-order valence-corrected chi connectivity index (χ4v) is 2.82. The number of hydrogen-bond acceptors (Lipinski definition) is 4. The van der Waals surface area contributed by atoms with Gasteiger partial charge in [-0.15, -0.1) is 0 Å². The van der Waals surface area contributed by atoms with Gasteiger partial charge in [-0.3, -0.25) is 4.79 Å². The third-order valence-electron chi connectivity index (χ3n) is 4.14. The van der Waals surface area contributed by atoms with Gasteiger partial charge in [0.1, 0.15) is 17.9 Å². The molecule has 0 atom stereocenters. The number of carbonyl (C=O) groups is 1. The molecule has 0 aliphatic heterocycles. The minimum atomic E-state index is -0.600. The number of aryl methyl sites for hydroxylation is 1. The first kappa shape index (κ1) is 17.7. The summed E-state index contributed by atoms with van der Waals surface area (Å²) in [6.45, 7) is 4.94. The molecule has 5 nitrogen and oxygen atoms in total. The molecule has 0 spiro atoms. The SMILES string of the molecule is CCOC(=O)c1cn(CC)c2ccc(OCc3ccccc3)cc2c1=O. The molecule has 3 aromatic rings. The van der Waals surface area contributed by atoms with Crippen molar-refractivity contribution in [2.45, 2.75) is 27.0 Å². The molecular weight excluding hydrogens is 330 g/mol. The molecule has 0 aliphatic carbocycles. The Labute approximate surface area is 151 Å². The molecular formula is C21H21NO4. The summed E-state index contributed by atoms with van der Waals surface area (Å²) in [5, 5.41) is 0.447. The van der Waals surface area contributed by atoms with Gasteiger partial charge in [-0.25, -0.2) is 4.79 Å². The fraction of sp³-hybridized carbons (Fsp3) is 0.238. The van der Waals surface area contributed by atoms with Crippen LogP contribution in [0.5, 0.6) is 5.75 Å². The number of rotatable bonds is 6. The van der Waals surface area contributed by atoms with E-state index in [0.29, 0.717) is 24.3 Å². The second kappa shape index (κ2) is 7.87. The Hall–Kier alpha value is -3.08. The number of benzene rings is 2. The highest BCUT2D eigenvalue weighted by Crippen LogP contribution is 2.20. The van der Waals surface area contributed by atoms with Crippen LogP contribution in [0.2, 0.25) is 0 Å². The highest BCUT2D eigenvalue weighted by molar-refractivity contribution is 5.94. The van der Waals surface area contributed by atoms with E-state index in [-0.39, 0.29) is 17.6 Å². The van der Waals surface area contributed by atoms with Gasteiger partial charge in [-0.1, -0.05) is 30.3 Å². The number of ether oxygens (including phenoxy) is 2. The first-order chi connectivity index (χ1) is 12.6. The third kappa shape index (κ3) is 3.61. The molecule has 0 saturated carbocycles. The zero-order valence-electron chi connectivity index (χ0n) is 14.9. The Kier molecular flexibility index (Phi) is 5.37. The largest absolute Gasteiger partial charge is 0.489 e. The maximum atomic E-state index is 12.8. The van der Waals surface area contributed by atoms with Crippen LogP contribution < -0.4 is 10.2 Å². The van der Waals surface area contributed by atoms with E-state index in [2.05, 4.69) is 0 Å². The Morgan fingerprint density at radius 1 is 1.08 bits per heavy atom. The summed E-state index contributed by atoms with van der Waals surface area (Å²) in [6.07, 6.45) is 1.56. The Bertz CT molecular complexity index is 976. The number of fused-ring (bicyclic) bond motifs is 1. The number of esters is 1. The van der Waals surface area contributed by atoms with Crippen molar-refractivity contribution in [2.24, 2.45) is 0 Å². The standard InChI is InChI=1S/C21H21NO4/c1-3-22-13-18(21(24)25-4-2)20(23)17-12-16(10-11-19(17)22)26-14-15-8-6-5-7-9-15/h5-13H,3-4,14H2,1-2H3. The molecule has 0 aliphatic rings. The van der Waals surface area contributed by atoms with Crippen LogP contribution in [0, 0.1) is 0 Å². The van der Waals surface area contributed by atoms with Crippen molar-refractivity contribution in [3.05, 3.63) is 76.1 Å². The lowest BCUT2D eigenvalue weighted by Crippen LogP contribution is -2.20. The molecule has 26 heavy (non-hydrogen) atoms. The van der Waals surface area contributed by atoms with E-state index < -0.39 is 5.97 Å². The van der Waals surface area contributed by atoms with Gasteiger partial charge >= 0.3 is 5.97 Å². The average molecular weight is 351 g/mol. The van der Waals surface area contributed by atoms with Crippen molar-refractivity contribution in [3.63, 3.8) is 0 Å². The lowest BCUT2D eigenvalue weighted by Gasteiger charge is -2.13. The van der Waals surface area contributed by atoms with Gasteiger partial charge in [0, 0.05) is 12.7 Å². The van der Waals surface area contributed by atoms with E-state index in [9.17, 15) is 9.59 Å². The van der Waals surface area contributed by atoms with Gasteiger partial charge in [0.2, 0.25) is 5.43 Å². The molecule has 3 rings (SSSR count). The maximum absolute atomic E-state index is 12.8. The summed E-state index contributed by atoms with van der Waals surface area (Å²) in [5.41, 5.74) is 1.51. The van der Waals surface area contributed by atoms with E-state index in [1.165, 1.54) is 0 Å². The molecule has 134 valence electrons. The number of carbonyl (C=O) groups excluding carboxylic acids is 1. The van der Waals surface area contributed by atoms with Crippen molar-refractivity contribution in [1.29, 1.82) is 0 Å².